The Labute approximate surface area is 116 Å². The van der Waals surface area contributed by atoms with Crippen molar-refractivity contribution < 1.29 is 25.2 Å². The van der Waals surface area contributed by atoms with Crippen LogP contribution in [0.1, 0.15) is 59.3 Å². The number of carboxylic acid groups (broad SMARTS) is 1. The molecule has 0 bridgehead atoms. The third kappa shape index (κ3) is 17.4. The van der Waals surface area contributed by atoms with Crippen molar-refractivity contribution in [3.8, 4) is 0 Å². The second-order valence-electron chi connectivity index (χ2n) is 5.00. The number of carboxylic acids is 1. The lowest BCUT2D eigenvalue weighted by Gasteiger charge is -2.13. The first-order valence-electron chi connectivity index (χ1n) is 7.04. The summed E-state index contributed by atoms with van der Waals surface area (Å²) < 4.78 is 0. The molecule has 116 valence electrons. The molecular formula is C14H30O5. The molecule has 0 saturated carbocycles. The van der Waals surface area contributed by atoms with Gasteiger partial charge in [0.05, 0.1) is 24.7 Å². The summed E-state index contributed by atoms with van der Waals surface area (Å²) in [6.07, 6.45) is 4.38. The molecule has 0 aromatic heterocycles. The molecule has 0 aliphatic rings. The van der Waals surface area contributed by atoms with Gasteiger partial charge in [-0.2, -0.15) is 0 Å². The number of unbranched alkanes of at least 4 members (excludes halogenated alkanes) is 3. The second kappa shape index (κ2) is 13.8. The van der Waals surface area contributed by atoms with Crippen LogP contribution in [0, 0.1) is 5.92 Å². The van der Waals surface area contributed by atoms with E-state index in [1.54, 1.807) is 6.92 Å². The Kier molecular flexibility index (Phi) is 15.0. The van der Waals surface area contributed by atoms with E-state index in [1.807, 2.05) is 0 Å². The van der Waals surface area contributed by atoms with Crippen molar-refractivity contribution in [3.05, 3.63) is 0 Å². The van der Waals surface area contributed by atoms with Gasteiger partial charge in [0.1, 0.15) is 0 Å². The second-order valence-corrected chi connectivity index (χ2v) is 5.00. The van der Waals surface area contributed by atoms with E-state index < -0.39 is 18.2 Å². The number of hydrogen-bond donors (Lipinski definition) is 4. The average Bonchev–Trinajstić information content (AvgIpc) is 2.33. The maximum atomic E-state index is 10.8. The van der Waals surface area contributed by atoms with Gasteiger partial charge >= 0.3 is 5.97 Å². The zero-order chi connectivity index (χ0) is 15.3. The summed E-state index contributed by atoms with van der Waals surface area (Å²) in [6.45, 7) is 5.16. The van der Waals surface area contributed by atoms with Gasteiger partial charge in [-0.3, -0.25) is 4.79 Å². The first-order valence-corrected chi connectivity index (χ1v) is 7.04. The zero-order valence-electron chi connectivity index (χ0n) is 12.4. The molecule has 0 spiro atoms. The maximum absolute atomic E-state index is 10.8. The average molecular weight is 278 g/mol. The van der Waals surface area contributed by atoms with Crippen LogP contribution in [0.25, 0.3) is 0 Å². The molecule has 5 nitrogen and oxygen atoms in total. The summed E-state index contributed by atoms with van der Waals surface area (Å²) in [7, 11) is 0. The van der Waals surface area contributed by atoms with Crippen molar-refractivity contribution in [3.63, 3.8) is 0 Å². The van der Waals surface area contributed by atoms with E-state index in [9.17, 15) is 4.79 Å². The van der Waals surface area contributed by atoms with Gasteiger partial charge in [0, 0.05) is 0 Å². The van der Waals surface area contributed by atoms with E-state index >= 15 is 0 Å². The lowest BCUT2D eigenvalue weighted by molar-refractivity contribution is -0.143. The third-order valence-corrected chi connectivity index (χ3v) is 2.65. The van der Waals surface area contributed by atoms with Crippen molar-refractivity contribution in [1.82, 2.24) is 0 Å². The highest BCUT2D eigenvalue weighted by Gasteiger charge is 2.18. The number of carbonyl (C=O) groups is 1. The van der Waals surface area contributed by atoms with Crippen LogP contribution < -0.4 is 0 Å². The van der Waals surface area contributed by atoms with Gasteiger partial charge in [-0.15, -0.1) is 0 Å². The van der Waals surface area contributed by atoms with Gasteiger partial charge in [0.25, 0.3) is 0 Å². The van der Waals surface area contributed by atoms with Crippen LogP contribution in [0.15, 0.2) is 0 Å². The van der Waals surface area contributed by atoms with Gasteiger partial charge in [0.15, 0.2) is 0 Å². The van der Waals surface area contributed by atoms with Gasteiger partial charge in [-0.1, -0.05) is 32.6 Å². The SMILES string of the molecule is CC(O)CO.CCCCCCC(CC(C)O)C(=O)O. The number of hydrogen-bond acceptors (Lipinski definition) is 4. The van der Waals surface area contributed by atoms with Gasteiger partial charge < -0.3 is 20.4 Å². The Balaban J connectivity index is 0. The van der Waals surface area contributed by atoms with Crippen LogP contribution in [0.5, 0.6) is 0 Å². The van der Waals surface area contributed by atoms with Crippen LogP contribution in [0.3, 0.4) is 0 Å². The Morgan fingerprint density at radius 2 is 1.58 bits per heavy atom. The van der Waals surface area contributed by atoms with Crippen molar-refractivity contribution >= 4 is 5.97 Å². The van der Waals surface area contributed by atoms with Gasteiger partial charge in [0.2, 0.25) is 0 Å². The Morgan fingerprint density at radius 1 is 1.05 bits per heavy atom. The highest BCUT2D eigenvalue weighted by Crippen LogP contribution is 2.16. The normalized spacial score (nSPS) is 15.1. The molecule has 19 heavy (non-hydrogen) atoms. The molecule has 0 aromatic rings. The topological polar surface area (TPSA) is 98.0 Å². The van der Waals surface area contributed by atoms with Crippen LogP contribution in [-0.2, 0) is 4.79 Å². The predicted molar refractivity (Wildman–Crippen MR) is 74.9 cm³/mol. The summed E-state index contributed by atoms with van der Waals surface area (Å²) in [4.78, 5) is 10.8. The molecule has 0 heterocycles. The number of aliphatic carboxylic acids is 1. The quantitative estimate of drug-likeness (QED) is 0.482. The summed E-state index contributed by atoms with van der Waals surface area (Å²) in [5.41, 5.74) is 0. The van der Waals surface area contributed by atoms with E-state index in [0.717, 1.165) is 19.3 Å². The first-order chi connectivity index (χ1) is 8.84. The molecule has 0 aromatic carbocycles. The Hall–Kier alpha value is -0.650. The van der Waals surface area contributed by atoms with Crippen LogP contribution in [0.4, 0.5) is 0 Å². The third-order valence-electron chi connectivity index (χ3n) is 2.65. The molecule has 0 fully saturated rings. The maximum Gasteiger partial charge on any atom is 0.306 e. The minimum Gasteiger partial charge on any atom is -0.481 e. The lowest BCUT2D eigenvalue weighted by Crippen LogP contribution is -2.19. The Bertz CT molecular complexity index is 204. The van der Waals surface area contributed by atoms with Crippen molar-refractivity contribution in [2.24, 2.45) is 5.92 Å². The summed E-state index contributed by atoms with van der Waals surface area (Å²) in [5.74, 6) is -1.14. The molecule has 0 aliphatic carbocycles. The standard InChI is InChI=1S/C11H22O3.C3H8O2/c1-3-4-5-6-7-10(11(13)14)8-9(2)12;1-3(5)2-4/h9-10,12H,3-8H2,1-2H3,(H,13,14);3-5H,2H2,1H3. The van der Waals surface area contributed by atoms with Gasteiger partial charge in [-0.05, 0) is 26.7 Å². The first kappa shape index (κ1) is 20.7. The zero-order valence-corrected chi connectivity index (χ0v) is 12.4. The molecule has 0 aliphatic heterocycles. The van der Waals surface area contributed by atoms with Gasteiger partial charge in [-0.25, -0.2) is 0 Å². The summed E-state index contributed by atoms with van der Waals surface area (Å²) >= 11 is 0. The molecule has 0 saturated heterocycles. The van der Waals surface area contributed by atoms with Crippen LogP contribution >= 0.6 is 0 Å². The molecule has 0 amide bonds. The van der Waals surface area contributed by atoms with Crippen molar-refractivity contribution in [2.45, 2.75) is 71.5 Å². The van der Waals surface area contributed by atoms with Crippen molar-refractivity contribution in [2.75, 3.05) is 6.61 Å². The lowest BCUT2D eigenvalue weighted by atomic mass is 9.95. The summed E-state index contributed by atoms with van der Waals surface area (Å²) in [6, 6.07) is 0. The van der Waals surface area contributed by atoms with E-state index in [-0.39, 0.29) is 12.5 Å². The fourth-order valence-electron chi connectivity index (χ4n) is 1.57. The number of aliphatic hydroxyl groups is 3. The van der Waals surface area contributed by atoms with E-state index in [0.29, 0.717) is 12.8 Å². The molecule has 3 unspecified atom stereocenters. The predicted octanol–water partition coefficient (Wildman–Crippen LogP) is 1.79. The van der Waals surface area contributed by atoms with E-state index in [4.69, 9.17) is 20.4 Å². The monoisotopic (exact) mass is 278 g/mol. The molecule has 0 rings (SSSR count). The molecule has 0 radical (unpaired) electrons. The largest absolute Gasteiger partial charge is 0.481 e. The molecule has 3 atom stereocenters. The smallest absolute Gasteiger partial charge is 0.306 e. The summed E-state index contributed by atoms with van der Waals surface area (Å²) in [5, 5.41) is 34.0. The highest BCUT2D eigenvalue weighted by atomic mass is 16.4. The van der Waals surface area contributed by atoms with Crippen molar-refractivity contribution in [1.29, 1.82) is 0 Å². The van der Waals surface area contributed by atoms with E-state index in [2.05, 4.69) is 6.92 Å². The highest BCUT2D eigenvalue weighted by molar-refractivity contribution is 5.69. The molecule has 4 N–H and O–H groups in total. The molecular weight excluding hydrogens is 248 g/mol. The minimum absolute atomic E-state index is 0.139. The molecule has 5 heteroatoms. The van der Waals surface area contributed by atoms with Crippen LogP contribution in [-0.4, -0.2) is 45.2 Å². The fourth-order valence-corrected chi connectivity index (χ4v) is 1.57. The number of rotatable bonds is 9. The fraction of sp³-hybridized carbons (Fsp3) is 0.929. The number of aliphatic hydroxyl groups excluding tert-OH is 3. The van der Waals surface area contributed by atoms with Crippen LogP contribution in [0.2, 0.25) is 0 Å². The van der Waals surface area contributed by atoms with E-state index in [1.165, 1.54) is 13.3 Å². The Morgan fingerprint density at radius 3 is 1.89 bits per heavy atom. The minimum atomic E-state index is -0.776.